The van der Waals surface area contributed by atoms with Crippen LogP contribution in [0.5, 0.6) is 0 Å². The molecule has 0 spiro atoms. The van der Waals surface area contributed by atoms with Gasteiger partial charge in [-0.2, -0.15) is 4.98 Å². The van der Waals surface area contributed by atoms with Crippen molar-refractivity contribution < 1.29 is 14.1 Å². The summed E-state index contributed by atoms with van der Waals surface area (Å²) in [5.41, 5.74) is -0.187. The van der Waals surface area contributed by atoms with E-state index in [1.807, 2.05) is 30.3 Å². The number of hydrogen-bond donors (Lipinski definition) is 1. The first-order chi connectivity index (χ1) is 13.1. The second-order valence-corrected chi connectivity index (χ2v) is 6.62. The third-order valence-corrected chi connectivity index (χ3v) is 4.82. The predicted molar refractivity (Wildman–Crippen MR) is 95.7 cm³/mol. The second-order valence-electron chi connectivity index (χ2n) is 5.57. The Hall–Kier alpha value is -3.53. The van der Waals surface area contributed by atoms with E-state index in [1.165, 1.54) is 12.4 Å². The Kier molecular flexibility index (Phi) is 4.38. The summed E-state index contributed by atoms with van der Waals surface area (Å²) in [6.07, 6.45) is 1.20. The van der Waals surface area contributed by atoms with Gasteiger partial charge in [-0.25, -0.2) is 9.59 Å². The number of rotatable bonds is 5. The van der Waals surface area contributed by atoms with Crippen LogP contribution in [0.3, 0.4) is 0 Å². The molecule has 27 heavy (non-hydrogen) atoms. The molecular weight excluding hydrogens is 372 g/mol. The Morgan fingerprint density at radius 2 is 2.07 bits per heavy atom. The number of nitrogens with one attached hydrogen (secondary N) is 1. The number of H-pyrrole nitrogens is 1. The van der Waals surface area contributed by atoms with Gasteiger partial charge in [0.25, 0.3) is 11.4 Å². The van der Waals surface area contributed by atoms with Gasteiger partial charge in [0, 0.05) is 0 Å². The average molecular weight is 384 g/mol. The monoisotopic (exact) mass is 384 g/mol. The summed E-state index contributed by atoms with van der Waals surface area (Å²) < 4.78 is 10.9. The lowest BCUT2D eigenvalue weighted by Crippen LogP contribution is -2.34. The molecule has 136 valence electrons. The van der Waals surface area contributed by atoms with Crippen LogP contribution >= 0.6 is 11.3 Å². The van der Waals surface area contributed by atoms with E-state index in [0.29, 0.717) is 4.83 Å². The van der Waals surface area contributed by atoms with Gasteiger partial charge in [-0.1, -0.05) is 35.5 Å². The van der Waals surface area contributed by atoms with Crippen molar-refractivity contribution in [3.05, 3.63) is 79.9 Å². The first-order valence-electron chi connectivity index (χ1n) is 7.85. The van der Waals surface area contributed by atoms with E-state index in [1.54, 1.807) is 0 Å². The first kappa shape index (κ1) is 16.9. The number of aromatic amines is 1. The molecule has 0 aliphatic heterocycles. The molecule has 0 bridgehead atoms. The third-order valence-electron chi connectivity index (χ3n) is 3.79. The number of benzene rings is 1. The summed E-state index contributed by atoms with van der Waals surface area (Å²) >= 11 is 0.976. The normalized spacial score (nSPS) is 11.0. The maximum absolute atomic E-state index is 12.7. The Bertz CT molecular complexity index is 1210. The van der Waals surface area contributed by atoms with E-state index in [2.05, 4.69) is 15.1 Å². The summed E-state index contributed by atoms with van der Waals surface area (Å²) in [5, 5.41) is 3.66. The Balaban J connectivity index is 1.64. The van der Waals surface area contributed by atoms with Crippen LogP contribution in [0.1, 0.15) is 21.1 Å². The number of esters is 1. The molecule has 0 saturated carbocycles. The van der Waals surface area contributed by atoms with Gasteiger partial charge < -0.3 is 9.26 Å². The van der Waals surface area contributed by atoms with E-state index in [-0.39, 0.29) is 29.3 Å². The summed E-state index contributed by atoms with van der Waals surface area (Å²) in [6.45, 7) is -0.0421. The molecule has 0 amide bonds. The molecule has 3 aromatic heterocycles. The highest BCUT2D eigenvalue weighted by molar-refractivity contribution is 7.20. The van der Waals surface area contributed by atoms with E-state index in [9.17, 15) is 14.4 Å². The smallest absolute Gasteiger partial charge is 0.348 e. The molecule has 9 nitrogen and oxygen atoms in total. The topological polar surface area (TPSA) is 120 Å². The van der Waals surface area contributed by atoms with Gasteiger partial charge in [-0.05, 0) is 11.6 Å². The Labute approximate surface area is 154 Å². The number of aromatic nitrogens is 4. The van der Waals surface area contributed by atoms with Gasteiger partial charge in [0.05, 0.1) is 11.9 Å². The van der Waals surface area contributed by atoms with Gasteiger partial charge in [-0.3, -0.25) is 14.3 Å². The van der Waals surface area contributed by atoms with E-state index >= 15 is 0 Å². The average Bonchev–Trinajstić information content (AvgIpc) is 3.34. The second kappa shape index (κ2) is 7.00. The van der Waals surface area contributed by atoms with Crippen LogP contribution in [-0.2, 0) is 17.9 Å². The first-order valence-corrected chi connectivity index (χ1v) is 8.67. The van der Waals surface area contributed by atoms with Crippen LogP contribution < -0.4 is 11.2 Å². The third kappa shape index (κ3) is 3.42. The van der Waals surface area contributed by atoms with Crippen molar-refractivity contribution >= 4 is 27.5 Å². The molecule has 1 N–H and O–H groups in total. The van der Waals surface area contributed by atoms with Crippen molar-refractivity contribution in [2.45, 2.75) is 13.2 Å². The van der Waals surface area contributed by atoms with Gasteiger partial charge in [0.15, 0.2) is 12.9 Å². The summed E-state index contributed by atoms with van der Waals surface area (Å²) in [4.78, 5) is 44.1. The zero-order valence-electron chi connectivity index (χ0n) is 13.7. The summed E-state index contributed by atoms with van der Waals surface area (Å²) in [5.74, 6) is -0.493. The lowest BCUT2D eigenvalue weighted by atomic mass is 10.2. The minimum atomic E-state index is -0.649. The summed E-state index contributed by atoms with van der Waals surface area (Å²) in [7, 11) is 0. The fourth-order valence-electron chi connectivity index (χ4n) is 2.51. The molecule has 4 rings (SSSR count). The predicted octanol–water partition coefficient (Wildman–Crippen LogP) is 1.54. The molecule has 0 atom stereocenters. The van der Waals surface area contributed by atoms with E-state index < -0.39 is 17.2 Å². The van der Waals surface area contributed by atoms with Crippen LogP contribution in [0, 0.1) is 0 Å². The van der Waals surface area contributed by atoms with Crippen LogP contribution in [0.4, 0.5) is 0 Å². The fraction of sp³-hybridized carbons (Fsp3) is 0.118. The van der Waals surface area contributed by atoms with Crippen LogP contribution in [0.25, 0.3) is 10.2 Å². The molecule has 3 heterocycles. The molecule has 0 aliphatic carbocycles. The number of thiophene rings is 1. The number of carbonyl (C=O) groups excluding carboxylic acids is 1. The molecule has 4 aromatic rings. The Morgan fingerprint density at radius 1 is 1.26 bits per heavy atom. The van der Waals surface area contributed by atoms with Crippen LogP contribution in [-0.4, -0.2) is 25.7 Å². The van der Waals surface area contributed by atoms with E-state index in [4.69, 9.17) is 9.26 Å². The molecular formula is C17H12N4O5S. The molecule has 0 fully saturated rings. The number of fused-ring (bicyclic) bond motifs is 1. The maximum atomic E-state index is 12.7. The van der Waals surface area contributed by atoms with Crippen molar-refractivity contribution in [1.82, 2.24) is 19.7 Å². The highest BCUT2D eigenvalue weighted by Crippen LogP contribution is 2.21. The van der Waals surface area contributed by atoms with E-state index in [0.717, 1.165) is 21.5 Å². The zero-order valence-corrected chi connectivity index (χ0v) is 14.6. The van der Waals surface area contributed by atoms with Crippen molar-refractivity contribution in [2.75, 3.05) is 0 Å². The SMILES string of the molecule is O=C(OCc1ncno1)c1cc2c(=O)n(Cc3ccccc3)c(=O)[nH]c2s1. The van der Waals surface area contributed by atoms with Crippen molar-refractivity contribution in [1.29, 1.82) is 0 Å². The lowest BCUT2D eigenvalue weighted by molar-refractivity contribution is 0.0435. The van der Waals surface area contributed by atoms with Gasteiger partial charge in [0.2, 0.25) is 0 Å². The van der Waals surface area contributed by atoms with Gasteiger partial charge in [0.1, 0.15) is 9.71 Å². The highest BCUT2D eigenvalue weighted by atomic mass is 32.1. The van der Waals surface area contributed by atoms with Gasteiger partial charge in [-0.15, -0.1) is 11.3 Å². The van der Waals surface area contributed by atoms with Crippen LogP contribution in [0.15, 0.2) is 56.8 Å². The van der Waals surface area contributed by atoms with Crippen molar-refractivity contribution in [2.24, 2.45) is 0 Å². The largest absolute Gasteiger partial charge is 0.451 e. The molecule has 1 aromatic carbocycles. The molecule has 0 radical (unpaired) electrons. The van der Waals surface area contributed by atoms with Crippen molar-refractivity contribution in [3.63, 3.8) is 0 Å². The standard InChI is InChI=1S/C17H12N4O5S/c22-15-11-6-12(16(23)25-8-13-18-9-19-26-13)27-14(11)20-17(24)21(15)7-10-4-2-1-3-5-10/h1-6,9H,7-8H2,(H,20,24). The zero-order chi connectivity index (χ0) is 18.8. The molecule has 10 heteroatoms. The quantitative estimate of drug-likeness (QED) is 0.518. The van der Waals surface area contributed by atoms with Crippen molar-refractivity contribution in [3.8, 4) is 0 Å². The summed E-state index contributed by atoms with van der Waals surface area (Å²) in [6, 6.07) is 10.6. The number of carbonyl (C=O) groups is 1. The fourth-order valence-corrected chi connectivity index (χ4v) is 3.45. The van der Waals surface area contributed by atoms with Gasteiger partial charge >= 0.3 is 11.7 Å². The molecule has 0 unspecified atom stereocenters. The molecule has 0 aliphatic rings. The number of nitrogens with zero attached hydrogens (tertiary/aromatic N) is 3. The number of ether oxygens (including phenoxy) is 1. The van der Waals surface area contributed by atoms with Crippen LogP contribution in [0.2, 0.25) is 0 Å². The maximum Gasteiger partial charge on any atom is 0.348 e. The minimum absolute atomic E-state index is 0.137. The molecule has 0 saturated heterocycles. The number of hydrogen-bond acceptors (Lipinski definition) is 8. The highest BCUT2D eigenvalue weighted by Gasteiger charge is 2.17. The Morgan fingerprint density at radius 3 is 2.81 bits per heavy atom. The minimum Gasteiger partial charge on any atom is -0.451 e. The lowest BCUT2D eigenvalue weighted by Gasteiger charge is -2.04.